The first-order valence-corrected chi connectivity index (χ1v) is 7.75. The molecule has 0 radical (unpaired) electrons. The Kier molecular flexibility index (Phi) is 5.60. The molecule has 5 heteroatoms. The van der Waals surface area contributed by atoms with E-state index in [0.29, 0.717) is 5.95 Å². The third kappa shape index (κ3) is 4.21. The Morgan fingerprint density at radius 3 is 2.48 bits per heavy atom. The highest BCUT2D eigenvalue weighted by molar-refractivity contribution is 5.89. The first-order valence-electron chi connectivity index (χ1n) is 7.75. The molecule has 114 valence electrons. The van der Waals surface area contributed by atoms with Crippen LogP contribution in [0.25, 0.3) is 11.0 Å². The molecule has 0 spiro atoms. The van der Waals surface area contributed by atoms with E-state index in [0.717, 1.165) is 49.8 Å². The molecule has 0 atom stereocenters. The number of nitrogens with zero attached hydrogens (tertiary/aromatic N) is 2. The van der Waals surface area contributed by atoms with Crippen LogP contribution in [0.3, 0.4) is 0 Å². The van der Waals surface area contributed by atoms with Gasteiger partial charge in [-0.1, -0.05) is 38.8 Å². The van der Waals surface area contributed by atoms with E-state index in [1.807, 2.05) is 29.2 Å². The zero-order chi connectivity index (χ0) is 15.1. The van der Waals surface area contributed by atoms with Crippen LogP contribution >= 0.6 is 0 Å². The SMILES string of the molecule is CCCCN(CCCC)C(=O)Nc1nc2ccccc2[nH]1. The summed E-state index contributed by atoms with van der Waals surface area (Å²) in [5, 5.41) is 2.87. The summed E-state index contributed by atoms with van der Waals surface area (Å²) in [5.41, 5.74) is 1.79. The number of H-pyrrole nitrogens is 1. The summed E-state index contributed by atoms with van der Waals surface area (Å²) in [6.45, 7) is 5.86. The predicted molar refractivity (Wildman–Crippen MR) is 86.5 cm³/mol. The van der Waals surface area contributed by atoms with Gasteiger partial charge in [-0.3, -0.25) is 5.32 Å². The van der Waals surface area contributed by atoms with Gasteiger partial charge in [0.05, 0.1) is 11.0 Å². The van der Waals surface area contributed by atoms with Crippen molar-refractivity contribution < 1.29 is 4.79 Å². The van der Waals surface area contributed by atoms with Crippen molar-refractivity contribution >= 4 is 23.0 Å². The molecule has 0 saturated carbocycles. The van der Waals surface area contributed by atoms with E-state index in [1.54, 1.807) is 0 Å². The summed E-state index contributed by atoms with van der Waals surface area (Å²) < 4.78 is 0. The lowest BCUT2D eigenvalue weighted by Gasteiger charge is -2.22. The molecule has 2 aromatic rings. The summed E-state index contributed by atoms with van der Waals surface area (Å²) in [7, 11) is 0. The maximum Gasteiger partial charge on any atom is 0.324 e. The van der Waals surface area contributed by atoms with E-state index in [-0.39, 0.29) is 6.03 Å². The highest BCUT2D eigenvalue weighted by Gasteiger charge is 2.14. The van der Waals surface area contributed by atoms with Crippen molar-refractivity contribution in [2.24, 2.45) is 0 Å². The number of rotatable bonds is 7. The van der Waals surface area contributed by atoms with Crippen LogP contribution in [0.5, 0.6) is 0 Å². The summed E-state index contributed by atoms with van der Waals surface area (Å²) in [6, 6.07) is 7.68. The van der Waals surface area contributed by atoms with Gasteiger partial charge >= 0.3 is 6.03 Å². The van der Waals surface area contributed by atoms with Crippen molar-refractivity contribution in [1.29, 1.82) is 0 Å². The van der Waals surface area contributed by atoms with E-state index >= 15 is 0 Å². The van der Waals surface area contributed by atoms with Crippen molar-refractivity contribution in [3.05, 3.63) is 24.3 Å². The van der Waals surface area contributed by atoms with E-state index < -0.39 is 0 Å². The zero-order valence-electron chi connectivity index (χ0n) is 12.9. The Hall–Kier alpha value is -2.04. The molecule has 2 amide bonds. The minimum atomic E-state index is -0.0732. The lowest BCUT2D eigenvalue weighted by Crippen LogP contribution is -2.36. The van der Waals surface area contributed by atoms with Gasteiger partial charge in [-0.25, -0.2) is 9.78 Å². The lowest BCUT2D eigenvalue weighted by atomic mass is 10.3. The number of urea groups is 1. The number of carbonyl (C=O) groups is 1. The van der Waals surface area contributed by atoms with Gasteiger partial charge in [0.25, 0.3) is 0 Å². The zero-order valence-corrected chi connectivity index (χ0v) is 12.9. The van der Waals surface area contributed by atoms with Gasteiger partial charge < -0.3 is 9.88 Å². The van der Waals surface area contributed by atoms with Gasteiger partial charge in [-0.2, -0.15) is 0 Å². The van der Waals surface area contributed by atoms with Crippen molar-refractivity contribution in [3.63, 3.8) is 0 Å². The Morgan fingerprint density at radius 1 is 1.19 bits per heavy atom. The number of hydrogen-bond acceptors (Lipinski definition) is 2. The van der Waals surface area contributed by atoms with E-state index in [4.69, 9.17) is 0 Å². The number of para-hydroxylation sites is 2. The Morgan fingerprint density at radius 2 is 1.86 bits per heavy atom. The van der Waals surface area contributed by atoms with Gasteiger partial charge in [-0.05, 0) is 25.0 Å². The third-order valence-corrected chi connectivity index (χ3v) is 3.47. The maximum atomic E-state index is 12.4. The fourth-order valence-corrected chi connectivity index (χ4v) is 2.21. The lowest BCUT2D eigenvalue weighted by molar-refractivity contribution is 0.209. The molecule has 0 unspecified atom stereocenters. The number of fused-ring (bicyclic) bond motifs is 1. The second-order valence-corrected chi connectivity index (χ2v) is 5.23. The van der Waals surface area contributed by atoms with Gasteiger partial charge in [0.15, 0.2) is 0 Å². The van der Waals surface area contributed by atoms with Crippen LogP contribution in [-0.2, 0) is 0 Å². The van der Waals surface area contributed by atoms with E-state index in [2.05, 4.69) is 29.1 Å². The number of aromatic nitrogens is 2. The average Bonchev–Trinajstić information content (AvgIpc) is 2.89. The summed E-state index contributed by atoms with van der Waals surface area (Å²) >= 11 is 0. The Balaban J connectivity index is 2.02. The molecule has 0 aliphatic carbocycles. The van der Waals surface area contributed by atoms with Crippen molar-refractivity contribution in [3.8, 4) is 0 Å². The molecule has 2 rings (SSSR count). The van der Waals surface area contributed by atoms with Crippen molar-refractivity contribution in [2.75, 3.05) is 18.4 Å². The number of carbonyl (C=O) groups excluding carboxylic acids is 1. The van der Waals surface area contributed by atoms with Gasteiger partial charge in [-0.15, -0.1) is 0 Å². The number of benzene rings is 1. The molecule has 0 aliphatic rings. The fraction of sp³-hybridized carbons (Fsp3) is 0.500. The normalized spacial score (nSPS) is 10.8. The molecule has 0 bridgehead atoms. The highest BCUT2D eigenvalue weighted by Crippen LogP contribution is 2.14. The molecule has 1 aromatic heterocycles. The number of anilines is 1. The summed E-state index contributed by atoms with van der Waals surface area (Å²) in [4.78, 5) is 21.7. The summed E-state index contributed by atoms with van der Waals surface area (Å²) in [5.74, 6) is 0.513. The minimum Gasteiger partial charge on any atom is -0.324 e. The monoisotopic (exact) mass is 288 g/mol. The Bertz CT molecular complexity index is 537. The average molecular weight is 288 g/mol. The largest absolute Gasteiger partial charge is 0.324 e. The topological polar surface area (TPSA) is 61.0 Å². The number of amides is 2. The van der Waals surface area contributed by atoms with Crippen LogP contribution in [0.15, 0.2) is 24.3 Å². The van der Waals surface area contributed by atoms with Crippen LogP contribution < -0.4 is 5.32 Å². The molecule has 0 saturated heterocycles. The standard InChI is InChI=1S/C16H24N4O/c1-3-5-11-20(12-6-4-2)16(21)19-15-17-13-9-7-8-10-14(13)18-15/h7-10H,3-6,11-12H2,1-2H3,(H2,17,18,19,21). The Labute approximate surface area is 125 Å². The maximum absolute atomic E-state index is 12.4. The number of aromatic amines is 1. The quantitative estimate of drug-likeness (QED) is 0.809. The molecule has 5 nitrogen and oxygen atoms in total. The molecule has 1 aromatic carbocycles. The molecule has 0 fully saturated rings. The highest BCUT2D eigenvalue weighted by atomic mass is 16.2. The van der Waals surface area contributed by atoms with Gasteiger partial charge in [0.1, 0.15) is 0 Å². The van der Waals surface area contributed by atoms with Crippen LogP contribution in [0.4, 0.5) is 10.7 Å². The molecule has 21 heavy (non-hydrogen) atoms. The van der Waals surface area contributed by atoms with E-state index in [9.17, 15) is 4.79 Å². The number of nitrogens with one attached hydrogen (secondary N) is 2. The van der Waals surface area contributed by atoms with Gasteiger partial charge in [0.2, 0.25) is 5.95 Å². The fourth-order valence-electron chi connectivity index (χ4n) is 2.21. The van der Waals surface area contributed by atoms with Crippen LogP contribution in [0, 0.1) is 0 Å². The third-order valence-electron chi connectivity index (χ3n) is 3.47. The predicted octanol–water partition coefficient (Wildman–Crippen LogP) is 4.00. The summed E-state index contributed by atoms with van der Waals surface area (Å²) in [6.07, 6.45) is 4.22. The van der Waals surface area contributed by atoms with Crippen LogP contribution in [0.1, 0.15) is 39.5 Å². The van der Waals surface area contributed by atoms with E-state index in [1.165, 1.54) is 0 Å². The number of imidazole rings is 1. The van der Waals surface area contributed by atoms with Crippen LogP contribution in [-0.4, -0.2) is 34.0 Å². The van der Waals surface area contributed by atoms with Crippen LogP contribution in [0.2, 0.25) is 0 Å². The minimum absolute atomic E-state index is 0.0732. The molecular formula is C16H24N4O. The number of hydrogen-bond donors (Lipinski definition) is 2. The first-order chi connectivity index (χ1) is 10.2. The second kappa shape index (κ2) is 7.67. The second-order valence-electron chi connectivity index (χ2n) is 5.23. The number of unbranched alkanes of at least 4 members (excludes halogenated alkanes) is 2. The molecule has 0 aliphatic heterocycles. The molecule has 1 heterocycles. The smallest absolute Gasteiger partial charge is 0.324 e. The van der Waals surface area contributed by atoms with Gasteiger partial charge in [0, 0.05) is 13.1 Å². The molecule has 2 N–H and O–H groups in total. The first kappa shape index (κ1) is 15.4. The van der Waals surface area contributed by atoms with Crippen molar-refractivity contribution in [1.82, 2.24) is 14.9 Å². The molecular weight excluding hydrogens is 264 g/mol. The van der Waals surface area contributed by atoms with Crippen molar-refractivity contribution in [2.45, 2.75) is 39.5 Å².